The van der Waals surface area contributed by atoms with Gasteiger partial charge >= 0.3 is 0 Å². The van der Waals surface area contributed by atoms with Gasteiger partial charge in [0.05, 0.1) is 21.4 Å². The summed E-state index contributed by atoms with van der Waals surface area (Å²) in [4.78, 5) is 1.99. The zero-order valence-electron chi connectivity index (χ0n) is 10.2. The molecule has 0 bridgehead atoms. The van der Waals surface area contributed by atoms with Crippen LogP contribution in [0.3, 0.4) is 0 Å². The molecule has 0 amide bonds. The molecular weight excluding hydrogens is 267 g/mol. The monoisotopic (exact) mass is 280 g/mol. The quantitative estimate of drug-likeness (QED) is 0.812. The molecule has 2 rings (SSSR count). The van der Waals surface area contributed by atoms with E-state index >= 15 is 0 Å². The molecule has 0 saturated heterocycles. The molecule has 4 heteroatoms. The van der Waals surface area contributed by atoms with E-state index in [0.29, 0.717) is 15.7 Å². The first-order valence-electron chi connectivity index (χ1n) is 5.54. The Morgan fingerprint density at radius 3 is 2.39 bits per heavy atom. The van der Waals surface area contributed by atoms with Crippen LogP contribution in [0.2, 0.25) is 10.0 Å². The molecule has 2 nitrogen and oxygen atoms in total. The highest BCUT2D eigenvalue weighted by molar-refractivity contribution is 6.42. The fourth-order valence-electron chi connectivity index (χ4n) is 1.82. The van der Waals surface area contributed by atoms with Crippen molar-refractivity contribution in [3.05, 3.63) is 52.0 Å². The van der Waals surface area contributed by atoms with Crippen LogP contribution in [-0.4, -0.2) is 7.05 Å². The van der Waals surface area contributed by atoms with E-state index < -0.39 is 0 Å². The summed E-state index contributed by atoms with van der Waals surface area (Å²) < 4.78 is 0. The summed E-state index contributed by atoms with van der Waals surface area (Å²) in [5.74, 6) is 0. The van der Waals surface area contributed by atoms with Crippen LogP contribution in [0.1, 0.15) is 5.56 Å². The number of nitrogens with zero attached hydrogens (tertiary/aromatic N) is 1. The number of benzene rings is 2. The van der Waals surface area contributed by atoms with Gasteiger partial charge in [0, 0.05) is 12.7 Å². The fraction of sp³-hybridized carbons (Fsp3) is 0.143. The van der Waals surface area contributed by atoms with E-state index in [1.165, 1.54) is 5.56 Å². The second-order valence-corrected chi connectivity index (χ2v) is 5.04. The van der Waals surface area contributed by atoms with Gasteiger partial charge in [0.2, 0.25) is 0 Å². The zero-order chi connectivity index (χ0) is 13.3. The number of hydrogen-bond acceptors (Lipinski definition) is 2. The molecule has 0 aliphatic heterocycles. The van der Waals surface area contributed by atoms with Crippen molar-refractivity contribution in [3.63, 3.8) is 0 Å². The highest BCUT2D eigenvalue weighted by Gasteiger charge is 2.10. The average Bonchev–Trinajstić information content (AvgIpc) is 2.33. The molecular formula is C14H14Cl2N2. The van der Waals surface area contributed by atoms with E-state index in [1.54, 1.807) is 12.1 Å². The maximum absolute atomic E-state index is 6.03. The Labute approximate surface area is 117 Å². The largest absolute Gasteiger partial charge is 0.397 e. The summed E-state index contributed by atoms with van der Waals surface area (Å²) in [5, 5.41) is 0.968. The lowest BCUT2D eigenvalue weighted by Crippen LogP contribution is -2.11. The Bertz CT molecular complexity index is 582. The van der Waals surface area contributed by atoms with Gasteiger partial charge in [-0.2, -0.15) is 0 Å². The molecule has 0 radical (unpaired) electrons. The summed E-state index contributed by atoms with van der Waals surface area (Å²) >= 11 is 12.0. The predicted octanol–water partition coefficient (Wildman–Crippen LogP) is 4.65. The van der Waals surface area contributed by atoms with Gasteiger partial charge in [0.25, 0.3) is 0 Å². The van der Waals surface area contributed by atoms with Crippen LogP contribution in [0.5, 0.6) is 0 Å². The summed E-state index contributed by atoms with van der Waals surface area (Å²) in [6.07, 6.45) is 0. The first kappa shape index (κ1) is 13.1. The van der Waals surface area contributed by atoms with Crippen LogP contribution < -0.4 is 10.6 Å². The lowest BCUT2D eigenvalue weighted by Gasteiger charge is -2.22. The van der Waals surface area contributed by atoms with Gasteiger partial charge in [-0.15, -0.1) is 0 Å². The van der Waals surface area contributed by atoms with E-state index in [9.17, 15) is 0 Å². The normalized spacial score (nSPS) is 10.4. The SMILES string of the molecule is Cc1cccc(N(C)c2cc(Cl)c(Cl)cc2N)c1. The highest BCUT2D eigenvalue weighted by Crippen LogP contribution is 2.35. The van der Waals surface area contributed by atoms with E-state index in [2.05, 4.69) is 19.1 Å². The van der Waals surface area contributed by atoms with Gasteiger partial charge in [-0.05, 0) is 36.8 Å². The Morgan fingerprint density at radius 2 is 1.72 bits per heavy atom. The fourth-order valence-corrected chi connectivity index (χ4v) is 2.15. The molecule has 0 unspecified atom stereocenters. The molecule has 2 aromatic carbocycles. The van der Waals surface area contributed by atoms with Crippen molar-refractivity contribution in [1.82, 2.24) is 0 Å². The van der Waals surface area contributed by atoms with E-state index in [4.69, 9.17) is 28.9 Å². The molecule has 0 fully saturated rings. The molecule has 0 heterocycles. The van der Waals surface area contributed by atoms with Crippen molar-refractivity contribution < 1.29 is 0 Å². The lowest BCUT2D eigenvalue weighted by molar-refractivity contribution is 1.20. The van der Waals surface area contributed by atoms with Crippen molar-refractivity contribution in [2.45, 2.75) is 6.92 Å². The van der Waals surface area contributed by atoms with Crippen molar-refractivity contribution in [2.75, 3.05) is 17.7 Å². The van der Waals surface area contributed by atoms with Crippen molar-refractivity contribution in [2.24, 2.45) is 0 Å². The van der Waals surface area contributed by atoms with E-state index in [0.717, 1.165) is 11.4 Å². The maximum atomic E-state index is 6.03. The van der Waals surface area contributed by atoms with Gasteiger partial charge < -0.3 is 10.6 Å². The van der Waals surface area contributed by atoms with Gasteiger partial charge in [0.1, 0.15) is 0 Å². The predicted molar refractivity (Wildman–Crippen MR) is 80.1 cm³/mol. The van der Waals surface area contributed by atoms with Crippen LogP contribution in [-0.2, 0) is 0 Å². The van der Waals surface area contributed by atoms with Crippen LogP contribution >= 0.6 is 23.2 Å². The minimum absolute atomic E-state index is 0.468. The number of rotatable bonds is 2. The van der Waals surface area contributed by atoms with Gasteiger partial charge in [-0.25, -0.2) is 0 Å². The Morgan fingerprint density at radius 1 is 1.06 bits per heavy atom. The van der Waals surface area contributed by atoms with E-state index in [1.807, 2.05) is 24.1 Å². The van der Waals surface area contributed by atoms with E-state index in [-0.39, 0.29) is 0 Å². The van der Waals surface area contributed by atoms with Crippen LogP contribution in [0.15, 0.2) is 36.4 Å². The minimum atomic E-state index is 0.468. The van der Waals surface area contributed by atoms with Crippen molar-refractivity contribution in [1.29, 1.82) is 0 Å². The highest BCUT2D eigenvalue weighted by atomic mass is 35.5. The van der Waals surface area contributed by atoms with Crippen LogP contribution in [0.4, 0.5) is 17.1 Å². The number of nitrogens with two attached hydrogens (primary N) is 1. The van der Waals surface area contributed by atoms with Crippen molar-refractivity contribution in [3.8, 4) is 0 Å². The molecule has 0 aromatic heterocycles. The Kier molecular flexibility index (Phi) is 3.69. The molecule has 0 saturated carbocycles. The molecule has 18 heavy (non-hydrogen) atoms. The first-order valence-corrected chi connectivity index (χ1v) is 6.29. The third kappa shape index (κ3) is 2.55. The smallest absolute Gasteiger partial charge is 0.0657 e. The van der Waals surface area contributed by atoms with Gasteiger partial charge in [0.15, 0.2) is 0 Å². The molecule has 0 aliphatic carbocycles. The second-order valence-electron chi connectivity index (χ2n) is 4.22. The first-order chi connectivity index (χ1) is 8.49. The molecule has 94 valence electrons. The molecule has 2 aromatic rings. The minimum Gasteiger partial charge on any atom is -0.397 e. The third-order valence-corrected chi connectivity index (χ3v) is 3.54. The third-order valence-electron chi connectivity index (χ3n) is 2.82. The molecule has 2 N–H and O–H groups in total. The number of anilines is 3. The second kappa shape index (κ2) is 5.09. The van der Waals surface area contributed by atoms with Gasteiger partial charge in [-0.1, -0.05) is 35.3 Å². The molecule has 0 atom stereocenters. The number of nitrogen functional groups attached to an aromatic ring is 1. The molecule has 0 spiro atoms. The lowest BCUT2D eigenvalue weighted by atomic mass is 10.2. The van der Waals surface area contributed by atoms with Crippen molar-refractivity contribution >= 4 is 40.3 Å². The maximum Gasteiger partial charge on any atom is 0.0657 e. The summed E-state index contributed by atoms with van der Waals surface area (Å²) in [6, 6.07) is 11.6. The summed E-state index contributed by atoms with van der Waals surface area (Å²) in [6.45, 7) is 2.05. The number of halogens is 2. The Hall–Kier alpha value is -1.38. The Balaban J connectivity index is 2.46. The summed E-state index contributed by atoms with van der Waals surface area (Å²) in [7, 11) is 1.95. The average molecular weight is 281 g/mol. The van der Waals surface area contributed by atoms with Gasteiger partial charge in [-0.3, -0.25) is 0 Å². The number of aryl methyl sites for hydroxylation is 1. The zero-order valence-corrected chi connectivity index (χ0v) is 11.8. The van der Waals surface area contributed by atoms with Crippen LogP contribution in [0.25, 0.3) is 0 Å². The standard InChI is InChI=1S/C14H14Cl2N2/c1-9-4-3-5-10(6-9)18(2)14-8-12(16)11(15)7-13(14)17/h3-8H,17H2,1-2H3. The summed E-state index contributed by atoms with van der Waals surface area (Å²) in [5.41, 5.74) is 9.68. The van der Waals surface area contributed by atoms with Crippen LogP contribution in [0, 0.1) is 6.92 Å². The molecule has 0 aliphatic rings. The number of hydrogen-bond donors (Lipinski definition) is 1. The topological polar surface area (TPSA) is 29.3 Å².